The number of hydrogen-bond acceptors (Lipinski definition) is 6. The van der Waals surface area contributed by atoms with E-state index in [9.17, 15) is 15.0 Å². The molecule has 156 valence electrons. The molecule has 6 nitrogen and oxygen atoms in total. The molecule has 2 N–H and O–H groups in total. The molecular weight excluding hydrogens is 414 g/mol. The molecule has 0 aliphatic rings. The topological polar surface area (TPSA) is 92.8 Å². The van der Waals surface area contributed by atoms with Gasteiger partial charge in [0.15, 0.2) is 0 Å². The minimum atomic E-state index is -0.982. The average Bonchev–Trinajstić information content (AvgIpc) is 3.23. The van der Waals surface area contributed by atoms with Crippen LogP contribution in [0.3, 0.4) is 0 Å². The summed E-state index contributed by atoms with van der Waals surface area (Å²) in [5.41, 5.74) is 2.73. The molecule has 0 atom stereocenters. The number of aromatic nitrogens is 1. The van der Waals surface area contributed by atoms with Gasteiger partial charge in [-0.05, 0) is 42.5 Å². The standard InChI is InChI=1S/C24H19NO5S/c1-29-19-5-2-4-17(12-19)21-13-18(14-31-23-20(26)6-3-11-25-23)22(30-21)15-7-9-16(10-8-15)24(27)28/h2-13,26H,14H2,1H3,(H,27,28). The van der Waals surface area contributed by atoms with Crippen LogP contribution < -0.4 is 4.74 Å². The fourth-order valence-electron chi connectivity index (χ4n) is 3.10. The summed E-state index contributed by atoms with van der Waals surface area (Å²) in [6.45, 7) is 0. The summed E-state index contributed by atoms with van der Waals surface area (Å²) in [7, 11) is 1.61. The summed E-state index contributed by atoms with van der Waals surface area (Å²) < 4.78 is 11.5. The first-order chi connectivity index (χ1) is 15.0. The Hall–Kier alpha value is -3.71. The highest BCUT2D eigenvalue weighted by atomic mass is 32.2. The molecule has 0 aliphatic carbocycles. The largest absolute Gasteiger partial charge is 0.505 e. The van der Waals surface area contributed by atoms with Gasteiger partial charge in [-0.2, -0.15) is 0 Å². The third kappa shape index (κ3) is 4.57. The minimum absolute atomic E-state index is 0.122. The van der Waals surface area contributed by atoms with Crippen LogP contribution in [0.4, 0.5) is 0 Å². The highest BCUT2D eigenvalue weighted by Gasteiger charge is 2.17. The van der Waals surface area contributed by atoms with Crippen LogP contribution in [0.15, 0.2) is 82.4 Å². The first-order valence-corrected chi connectivity index (χ1v) is 10.4. The van der Waals surface area contributed by atoms with Crippen LogP contribution in [-0.2, 0) is 5.75 Å². The number of thioether (sulfide) groups is 1. The molecule has 4 rings (SSSR count). The molecule has 31 heavy (non-hydrogen) atoms. The van der Waals surface area contributed by atoms with Crippen LogP contribution >= 0.6 is 11.8 Å². The number of nitrogens with zero attached hydrogens (tertiary/aromatic N) is 1. The summed E-state index contributed by atoms with van der Waals surface area (Å²) >= 11 is 1.39. The highest BCUT2D eigenvalue weighted by molar-refractivity contribution is 7.98. The van der Waals surface area contributed by atoms with E-state index in [0.717, 1.165) is 22.4 Å². The number of aromatic hydroxyl groups is 1. The zero-order chi connectivity index (χ0) is 21.8. The Bertz CT molecular complexity index is 1220. The maximum absolute atomic E-state index is 11.2. The van der Waals surface area contributed by atoms with Gasteiger partial charge in [0.2, 0.25) is 0 Å². The average molecular weight is 433 g/mol. The van der Waals surface area contributed by atoms with Crippen LogP contribution in [0, 0.1) is 0 Å². The van der Waals surface area contributed by atoms with Crippen LogP contribution in [0.5, 0.6) is 11.5 Å². The van der Waals surface area contributed by atoms with E-state index < -0.39 is 5.97 Å². The maximum Gasteiger partial charge on any atom is 0.335 e. The van der Waals surface area contributed by atoms with E-state index in [2.05, 4.69) is 4.98 Å². The molecular formula is C24H19NO5S. The number of methoxy groups -OCH3 is 1. The van der Waals surface area contributed by atoms with Crippen molar-refractivity contribution in [3.63, 3.8) is 0 Å². The van der Waals surface area contributed by atoms with Crippen LogP contribution in [0.25, 0.3) is 22.6 Å². The molecule has 2 aromatic carbocycles. The van der Waals surface area contributed by atoms with E-state index in [-0.39, 0.29) is 11.3 Å². The van der Waals surface area contributed by atoms with Gasteiger partial charge in [-0.15, -0.1) is 0 Å². The van der Waals surface area contributed by atoms with Crippen molar-refractivity contribution in [2.45, 2.75) is 10.8 Å². The molecule has 0 amide bonds. The Balaban J connectivity index is 1.72. The smallest absolute Gasteiger partial charge is 0.335 e. The first kappa shape index (κ1) is 20.6. The van der Waals surface area contributed by atoms with Crippen molar-refractivity contribution in [2.75, 3.05) is 7.11 Å². The van der Waals surface area contributed by atoms with Crippen molar-refractivity contribution in [2.24, 2.45) is 0 Å². The zero-order valence-electron chi connectivity index (χ0n) is 16.6. The van der Waals surface area contributed by atoms with Crippen molar-refractivity contribution in [1.82, 2.24) is 4.98 Å². The van der Waals surface area contributed by atoms with Crippen LogP contribution in [0.1, 0.15) is 15.9 Å². The van der Waals surface area contributed by atoms with Gasteiger partial charge in [-0.3, -0.25) is 0 Å². The lowest BCUT2D eigenvalue weighted by atomic mass is 10.1. The number of carboxylic acid groups (broad SMARTS) is 1. The SMILES string of the molecule is COc1cccc(-c2cc(CSc3ncccc3O)c(-c3ccc(C(=O)O)cc3)o2)c1. The van der Waals surface area contributed by atoms with Gasteiger partial charge < -0.3 is 19.4 Å². The van der Waals surface area contributed by atoms with E-state index in [1.165, 1.54) is 11.8 Å². The van der Waals surface area contributed by atoms with E-state index in [0.29, 0.717) is 22.3 Å². The zero-order valence-corrected chi connectivity index (χ0v) is 17.4. The van der Waals surface area contributed by atoms with Gasteiger partial charge in [-0.25, -0.2) is 9.78 Å². The normalized spacial score (nSPS) is 10.7. The minimum Gasteiger partial charge on any atom is -0.505 e. The molecule has 2 heterocycles. The summed E-state index contributed by atoms with van der Waals surface area (Å²) in [6, 6.07) is 19.3. The second kappa shape index (κ2) is 8.97. The molecule has 0 aliphatic heterocycles. The molecule has 0 bridgehead atoms. The lowest BCUT2D eigenvalue weighted by Gasteiger charge is -2.05. The van der Waals surface area contributed by atoms with Gasteiger partial charge in [0.05, 0.1) is 12.7 Å². The van der Waals surface area contributed by atoms with Crippen LogP contribution in [0.2, 0.25) is 0 Å². The molecule has 0 fully saturated rings. The molecule has 7 heteroatoms. The monoisotopic (exact) mass is 433 g/mol. The molecule has 4 aromatic rings. The fraction of sp³-hybridized carbons (Fsp3) is 0.0833. The van der Waals surface area contributed by atoms with Gasteiger partial charge >= 0.3 is 5.97 Å². The van der Waals surface area contributed by atoms with E-state index in [1.807, 2.05) is 30.3 Å². The number of rotatable bonds is 7. The number of pyridine rings is 1. The molecule has 0 saturated heterocycles. The van der Waals surface area contributed by atoms with Crippen molar-refractivity contribution in [3.8, 4) is 34.1 Å². The van der Waals surface area contributed by atoms with Gasteiger partial charge in [0, 0.05) is 28.6 Å². The van der Waals surface area contributed by atoms with Crippen molar-refractivity contribution in [1.29, 1.82) is 0 Å². The summed E-state index contributed by atoms with van der Waals surface area (Å²) in [5.74, 6) is 1.67. The number of aromatic carboxylic acids is 1. The number of benzene rings is 2. The van der Waals surface area contributed by atoms with Crippen molar-refractivity contribution < 1.29 is 24.2 Å². The summed E-state index contributed by atoms with van der Waals surface area (Å²) in [6.07, 6.45) is 1.63. The Morgan fingerprint density at radius 2 is 1.87 bits per heavy atom. The Kier molecular flexibility index (Phi) is 5.95. The second-order valence-corrected chi connectivity index (χ2v) is 7.66. The third-order valence-electron chi connectivity index (χ3n) is 4.67. The second-order valence-electron chi connectivity index (χ2n) is 6.70. The first-order valence-electron chi connectivity index (χ1n) is 9.43. The Morgan fingerprint density at radius 3 is 2.58 bits per heavy atom. The van der Waals surface area contributed by atoms with E-state index >= 15 is 0 Å². The number of furan rings is 1. The predicted octanol–water partition coefficient (Wildman–Crippen LogP) is 5.71. The maximum atomic E-state index is 11.2. The van der Waals surface area contributed by atoms with Crippen molar-refractivity contribution in [3.05, 3.63) is 84.1 Å². The molecule has 0 spiro atoms. The van der Waals surface area contributed by atoms with E-state index in [4.69, 9.17) is 9.15 Å². The molecule has 0 saturated carbocycles. The molecule has 0 radical (unpaired) electrons. The van der Waals surface area contributed by atoms with Gasteiger partial charge in [-0.1, -0.05) is 36.0 Å². The third-order valence-corrected chi connectivity index (χ3v) is 5.72. The van der Waals surface area contributed by atoms with Crippen molar-refractivity contribution >= 4 is 17.7 Å². The number of hydrogen-bond donors (Lipinski definition) is 2. The van der Waals surface area contributed by atoms with E-state index in [1.54, 1.807) is 49.7 Å². The number of carbonyl (C=O) groups is 1. The molecule has 2 aromatic heterocycles. The summed E-state index contributed by atoms with van der Waals surface area (Å²) in [4.78, 5) is 15.4. The highest BCUT2D eigenvalue weighted by Crippen LogP contribution is 2.38. The van der Waals surface area contributed by atoms with Gasteiger partial charge in [0.25, 0.3) is 0 Å². The van der Waals surface area contributed by atoms with Crippen LogP contribution in [-0.4, -0.2) is 28.3 Å². The Labute approximate surface area is 183 Å². The van der Waals surface area contributed by atoms with Gasteiger partial charge in [0.1, 0.15) is 28.0 Å². The quantitative estimate of drug-likeness (QED) is 0.360. The lowest BCUT2D eigenvalue weighted by Crippen LogP contribution is -1.95. The number of carboxylic acids is 1. The molecule has 0 unspecified atom stereocenters. The fourth-order valence-corrected chi connectivity index (χ4v) is 3.96. The number of ether oxygens (including phenoxy) is 1. The lowest BCUT2D eigenvalue weighted by molar-refractivity contribution is 0.0697. The predicted molar refractivity (Wildman–Crippen MR) is 119 cm³/mol. The Morgan fingerprint density at radius 1 is 1.06 bits per heavy atom. The summed E-state index contributed by atoms with van der Waals surface area (Å²) in [5, 5.41) is 19.7.